The molecular formula is C12H14ClN3. The topological polar surface area (TPSA) is 30.7 Å². The first-order valence-electron chi connectivity index (χ1n) is 5.37. The van der Waals surface area contributed by atoms with Gasteiger partial charge in [0.05, 0.1) is 11.9 Å². The van der Waals surface area contributed by atoms with Crippen molar-refractivity contribution in [1.82, 2.24) is 14.5 Å². The van der Waals surface area contributed by atoms with Gasteiger partial charge < -0.3 is 4.57 Å². The molecule has 0 saturated carbocycles. The zero-order valence-corrected chi connectivity index (χ0v) is 9.98. The first kappa shape index (κ1) is 11.1. The SMILES string of the molecule is CCCc1nccn1-c1cncc(CCl)c1. The molecule has 0 bridgehead atoms. The Kier molecular flexibility index (Phi) is 3.57. The quantitative estimate of drug-likeness (QED) is 0.763. The minimum atomic E-state index is 0.485. The van der Waals surface area contributed by atoms with E-state index in [4.69, 9.17) is 11.6 Å². The van der Waals surface area contributed by atoms with Crippen LogP contribution in [0.25, 0.3) is 5.69 Å². The fraction of sp³-hybridized carbons (Fsp3) is 0.333. The van der Waals surface area contributed by atoms with E-state index >= 15 is 0 Å². The Hall–Kier alpha value is -1.35. The van der Waals surface area contributed by atoms with Gasteiger partial charge in [0, 0.05) is 30.9 Å². The number of imidazole rings is 1. The number of alkyl halides is 1. The number of hydrogen-bond donors (Lipinski definition) is 0. The number of halogens is 1. The first-order chi connectivity index (χ1) is 7.85. The first-order valence-corrected chi connectivity index (χ1v) is 5.91. The number of rotatable bonds is 4. The standard InChI is InChI=1S/C12H14ClN3/c1-2-3-12-15-4-5-16(12)11-6-10(7-13)8-14-9-11/h4-6,8-9H,2-3,7H2,1H3. The fourth-order valence-electron chi connectivity index (χ4n) is 1.66. The summed E-state index contributed by atoms with van der Waals surface area (Å²) in [4.78, 5) is 8.52. The highest BCUT2D eigenvalue weighted by molar-refractivity contribution is 6.17. The Balaban J connectivity index is 2.37. The molecule has 4 heteroatoms. The number of aromatic nitrogens is 3. The van der Waals surface area contributed by atoms with Crippen molar-refractivity contribution in [1.29, 1.82) is 0 Å². The summed E-state index contributed by atoms with van der Waals surface area (Å²) >= 11 is 5.80. The third kappa shape index (κ3) is 2.25. The van der Waals surface area contributed by atoms with Gasteiger partial charge in [-0.05, 0) is 18.1 Å². The number of aryl methyl sites for hydroxylation is 1. The molecule has 84 valence electrons. The number of nitrogens with zero attached hydrogens (tertiary/aromatic N) is 3. The van der Waals surface area contributed by atoms with Crippen molar-refractivity contribution in [2.24, 2.45) is 0 Å². The third-order valence-electron chi connectivity index (χ3n) is 2.40. The van der Waals surface area contributed by atoms with Gasteiger partial charge in [0.1, 0.15) is 5.82 Å². The predicted molar refractivity (Wildman–Crippen MR) is 64.9 cm³/mol. The zero-order chi connectivity index (χ0) is 11.4. The van der Waals surface area contributed by atoms with E-state index in [0.717, 1.165) is 29.9 Å². The molecule has 0 unspecified atom stereocenters. The number of hydrogen-bond acceptors (Lipinski definition) is 2. The molecule has 0 atom stereocenters. The fourth-order valence-corrected chi connectivity index (χ4v) is 1.80. The van der Waals surface area contributed by atoms with Gasteiger partial charge in [0.2, 0.25) is 0 Å². The monoisotopic (exact) mass is 235 g/mol. The van der Waals surface area contributed by atoms with E-state index in [2.05, 4.69) is 21.5 Å². The Labute approximate surface area is 100 Å². The van der Waals surface area contributed by atoms with Gasteiger partial charge in [-0.25, -0.2) is 4.98 Å². The molecule has 16 heavy (non-hydrogen) atoms. The van der Waals surface area contributed by atoms with Gasteiger partial charge >= 0.3 is 0 Å². The van der Waals surface area contributed by atoms with Gasteiger partial charge in [-0.1, -0.05) is 6.92 Å². The second kappa shape index (κ2) is 5.12. The summed E-state index contributed by atoms with van der Waals surface area (Å²) in [6, 6.07) is 2.04. The zero-order valence-electron chi connectivity index (χ0n) is 9.23. The summed E-state index contributed by atoms with van der Waals surface area (Å²) in [6.07, 6.45) is 9.44. The third-order valence-corrected chi connectivity index (χ3v) is 2.71. The van der Waals surface area contributed by atoms with Gasteiger partial charge in [0.25, 0.3) is 0 Å². The lowest BCUT2D eigenvalue weighted by molar-refractivity contribution is 0.807. The maximum absolute atomic E-state index is 5.80. The molecule has 0 radical (unpaired) electrons. The second-order valence-corrected chi connectivity index (χ2v) is 3.92. The summed E-state index contributed by atoms with van der Waals surface area (Å²) in [6.45, 7) is 2.15. The normalized spacial score (nSPS) is 10.6. The molecule has 0 fully saturated rings. The van der Waals surface area contributed by atoms with E-state index < -0.39 is 0 Å². The summed E-state index contributed by atoms with van der Waals surface area (Å²) in [5.74, 6) is 1.55. The second-order valence-electron chi connectivity index (χ2n) is 3.65. The largest absolute Gasteiger partial charge is 0.302 e. The van der Waals surface area contributed by atoms with Crippen LogP contribution in [-0.2, 0) is 12.3 Å². The van der Waals surface area contributed by atoms with Crippen LogP contribution in [-0.4, -0.2) is 14.5 Å². The molecule has 2 aromatic heterocycles. The highest BCUT2D eigenvalue weighted by atomic mass is 35.5. The molecule has 0 amide bonds. The highest BCUT2D eigenvalue weighted by Gasteiger charge is 2.04. The molecule has 2 rings (SSSR count). The molecule has 0 saturated heterocycles. The maximum Gasteiger partial charge on any atom is 0.113 e. The number of pyridine rings is 1. The van der Waals surface area contributed by atoms with Gasteiger partial charge in [-0.15, -0.1) is 11.6 Å². The molecule has 0 N–H and O–H groups in total. The predicted octanol–water partition coefficient (Wildman–Crippen LogP) is 2.96. The van der Waals surface area contributed by atoms with Crippen LogP contribution in [0.4, 0.5) is 0 Å². The lowest BCUT2D eigenvalue weighted by Crippen LogP contribution is -2.01. The summed E-state index contributed by atoms with van der Waals surface area (Å²) in [5.41, 5.74) is 2.05. The average Bonchev–Trinajstić information content (AvgIpc) is 2.78. The highest BCUT2D eigenvalue weighted by Crippen LogP contribution is 2.13. The van der Waals surface area contributed by atoms with E-state index in [0.29, 0.717) is 5.88 Å². The van der Waals surface area contributed by atoms with Gasteiger partial charge in [-0.3, -0.25) is 4.98 Å². The van der Waals surface area contributed by atoms with E-state index in [9.17, 15) is 0 Å². The van der Waals surface area contributed by atoms with Crippen LogP contribution in [0.5, 0.6) is 0 Å². The Morgan fingerprint density at radius 2 is 2.25 bits per heavy atom. The molecule has 0 aliphatic heterocycles. The smallest absolute Gasteiger partial charge is 0.113 e. The molecule has 2 aromatic rings. The van der Waals surface area contributed by atoms with Gasteiger partial charge in [0.15, 0.2) is 0 Å². The van der Waals surface area contributed by atoms with E-state index in [-0.39, 0.29) is 0 Å². The summed E-state index contributed by atoms with van der Waals surface area (Å²) < 4.78 is 2.06. The van der Waals surface area contributed by atoms with Crippen LogP contribution in [0.3, 0.4) is 0 Å². The Morgan fingerprint density at radius 3 is 3.00 bits per heavy atom. The minimum absolute atomic E-state index is 0.485. The van der Waals surface area contributed by atoms with Crippen molar-refractivity contribution < 1.29 is 0 Å². The molecule has 0 spiro atoms. The lowest BCUT2D eigenvalue weighted by Gasteiger charge is -2.07. The van der Waals surface area contributed by atoms with Crippen LogP contribution in [0.15, 0.2) is 30.9 Å². The van der Waals surface area contributed by atoms with Crippen molar-refractivity contribution in [2.75, 3.05) is 0 Å². The van der Waals surface area contributed by atoms with Crippen LogP contribution >= 0.6 is 11.6 Å². The van der Waals surface area contributed by atoms with Gasteiger partial charge in [-0.2, -0.15) is 0 Å². The van der Waals surface area contributed by atoms with Crippen LogP contribution in [0.2, 0.25) is 0 Å². The average molecular weight is 236 g/mol. The van der Waals surface area contributed by atoms with E-state index in [1.54, 1.807) is 6.20 Å². The van der Waals surface area contributed by atoms with Crippen LogP contribution in [0, 0.1) is 0 Å². The molecule has 0 aliphatic rings. The van der Waals surface area contributed by atoms with Crippen molar-refractivity contribution in [2.45, 2.75) is 25.6 Å². The van der Waals surface area contributed by atoms with Crippen molar-refractivity contribution in [3.05, 3.63) is 42.2 Å². The molecule has 3 nitrogen and oxygen atoms in total. The summed E-state index contributed by atoms with van der Waals surface area (Å²) in [5, 5.41) is 0. The van der Waals surface area contributed by atoms with Crippen molar-refractivity contribution >= 4 is 11.6 Å². The van der Waals surface area contributed by atoms with E-state index in [1.165, 1.54) is 0 Å². The molecule has 0 aliphatic carbocycles. The Bertz CT molecular complexity index is 465. The molecular weight excluding hydrogens is 222 g/mol. The van der Waals surface area contributed by atoms with Crippen LogP contribution in [0.1, 0.15) is 24.7 Å². The van der Waals surface area contributed by atoms with E-state index in [1.807, 2.05) is 24.7 Å². The van der Waals surface area contributed by atoms with Crippen molar-refractivity contribution in [3.63, 3.8) is 0 Å². The van der Waals surface area contributed by atoms with Crippen LogP contribution < -0.4 is 0 Å². The lowest BCUT2D eigenvalue weighted by atomic mass is 10.2. The van der Waals surface area contributed by atoms with Crippen molar-refractivity contribution in [3.8, 4) is 5.69 Å². The Morgan fingerprint density at radius 1 is 1.38 bits per heavy atom. The maximum atomic E-state index is 5.80. The minimum Gasteiger partial charge on any atom is -0.302 e. The summed E-state index contributed by atoms with van der Waals surface area (Å²) in [7, 11) is 0. The molecule has 2 heterocycles. The molecule has 0 aromatic carbocycles.